The van der Waals surface area contributed by atoms with E-state index in [-0.39, 0.29) is 45.6 Å². The van der Waals surface area contributed by atoms with Crippen molar-refractivity contribution in [2.24, 2.45) is 17.8 Å². The van der Waals surface area contributed by atoms with Crippen LogP contribution in [0.4, 0.5) is 43.9 Å². The van der Waals surface area contributed by atoms with E-state index in [0.717, 1.165) is 49.1 Å². The number of fused-ring (bicyclic) bond motifs is 4. The molecular formula is C48H48F10O2. The maximum absolute atomic E-state index is 13.8. The lowest BCUT2D eigenvalue weighted by Crippen LogP contribution is -2.22. The number of carbonyl (C=O) groups excluding carboxylic acids is 1. The predicted octanol–water partition coefficient (Wildman–Crippen LogP) is 13.7. The minimum atomic E-state index is -1.16. The highest BCUT2D eigenvalue weighted by Crippen LogP contribution is 2.40. The van der Waals surface area contributed by atoms with Crippen molar-refractivity contribution in [3.63, 3.8) is 0 Å². The first-order valence-corrected chi connectivity index (χ1v) is 19.9. The second kappa shape index (κ2) is 18.5. The van der Waals surface area contributed by atoms with Gasteiger partial charge in [-0.3, -0.25) is 4.79 Å². The first kappa shape index (κ1) is 46.4. The lowest BCUT2D eigenvalue weighted by molar-refractivity contribution is 0.0912. The zero-order valence-corrected chi connectivity index (χ0v) is 34.7. The monoisotopic (exact) mass is 846 g/mol. The number of ketones is 1. The number of aliphatic hydroxyl groups excluding tert-OH is 1. The molecule has 3 aliphatic rings. The van der Waals surface area contributed by atoms with Gasteiger partial charge in [0.15, 0.2) is 52.3 Å². The van der Waals surface area contributed by atoms with E-state index in [9.17, 15) is 53.8 Å². The summed E-state index contributed by atoms with van der Waals surface area (Å²) >= 11 is 0. The Kier molecular flexibility index (Phi) is 14.3. The van der Waals surface area contributed by atoms with Gasteiger partial charge in [-0.25, -0.2) is 43.9 Å². The Balaban J connectivity index is 0.000000152. The molecule has 12 heteroatoms. The third-order valence-corrected chi connectivity index (χ3v) is 12.3. The summed E-state index contributed by atoms with van der Waals surface area (Å²) in [5, 5.41) is 10.4. The molecule has 0 fully saturated rings. The van der Waals surface area contributed by atoms with Gasteiger partial charge in [-0.2, -0.15) is 0 Å². The summed E-state index contributed by atoms with van der Waals surface area (Å²) in [4.78, 5) is 11.7. The predicted molar refractivity (Wildman–Crippen MR) is 212 cm³/mol. The molecule has 0 saturated carbocycles. The Bertz CT molecular complexity index is 2380. The summed E-state index contributed by atoms with van der Waals surface area (Å²) in [6, 6.07) is 7.25. The number of aryl methyl sites for hydroxylation is 2. The fourth-order valence-corrected chi connectivity index (χ4v) is 8.21. The minimum Gasteiger partial charge on any atom is -0.388 e. The van der Waals surface area contributed by atoms with Gasteiger partial charge in [0.1, 0.15) is 12.0 Å². The fourth-order valence-electron chi connectivity index (χ4n) is 8.21. The molecule has 2 nitrogen and oxygen atoms in total. The van der Waals surface area contributed by atoms with Gasteiger partial charge in [-0.05, 0) is 170 Å². The Hall–Kier alpha value is -4.71. The van der Waals surface area contributed by atoms with Crippen LogP contribution in [0.3, 0.4) is 0 Å². The lowest BCUT2D eigenvalue weighted by Gasteiger charge is -2.28. The molecule has 0 saturated heterocycles. The van der Waals surface area contributed by atoms with Crippen LogP contribution in [-0.4, -0.2) is 10.9 Å². The second-order valence-corrected chi connectivity index (χ2v) is 16.3. The normalized spacial score (nSPS) is 20.4. The lowest BCUT2D eigenvalue weighted by atomic mass is 9.80. The van der Waals surface area contributed by atoms with E-state index in [1.165, 1.54) is 20.8 Å². The standard InChI is InChI=1S/C12H13F3.C12H9F3.C12H14F2O.C12H12F2O/c2*1-6-3-4-8-7(2)12(15)10(13)5-9(8)11(6)14;2*1-6-3-4-8-7(2)11(14)10(13)5-9(8)12(6)15/h5-6,11H,3-4H2,1-2H3;3-5H,1-2H3;5-6,12,15H,3-4H2,1-2H3;5-6H,3-4H2,1-2H3. The van der Waals surface area contributed by atoms with Crippen molar-refractivity contribution in [1.82, 2.24) is 0 Å². The summed E-state index contributed by atoms with van der Waals surface area (Å²) in [6.45, 7) is 13.2. The molecule has 8 rings (SSSR count). The summed E-state index contributed by atoms with van der Waals surface area (Å²) < 4.78 is 133. The van der Waals surface area contributed by atoms with E-state index in [1.54, 1.807) is 32.9 Å². The highest BCUT2D eigenvalue weighted by Gasteiger charge is 2.31. The molecular weight excluding hydrogens is 799 g/mol. The van der Waals surface area contributed by atoms with Gasteiger partial charge in [0, 0.05) is 16.9 Å². The Morgan fingerprint density at radius 1 is 0.517 bits per heavy atom. The van der Waals surface area contributed by atoms with Crippen molar-refractivity contribution in [3.8, 4) is 0 Å². The molecule has 0 radical (unpaired) electrons. The van der Waals surface area contributed by atoms with Crippen molar-refractivity contribution in [3.05, 3.63) is 150 Å². The number of benzene rings is 5. The molecule has 0 amide bonds. The van der Waals surface area contributed by atoms with Crippen LogP contribution in [0.1, 0.15) is 118 Å². The van der Waals surface area contributed by atoms with Crippen LogP contribution in [0, 0.1) is 105 Å². The van der Waals surface area contributed by atoms with Gasteiger partial charge in [-0.1, -0.05) is 32.9 Å². The molecule has 5 aromatic rings. The largest absolute Gasteiger partial charge is 0.388 e. The van der Waals surface area contributed by atoms with Crippen LogP contribution in [0.5, 0.6) is 0 Å². The molecule has 0 heterocycles. The van der Waals surface area contributed by atoms with E-state index in [0.29, 0.717) is 63.6 Å². The number of carbonyl (C=O) groups is 1. The number of rotatable bonds is 0. The maximum Gasteiger partial charge on any atom is 0.166 e. The highest BCUT2D eigenvalue weighted by molar-refractivity contribution is 6.00. The van der Waals surface area contributed by atoms with Crippen molar-refractivity contribution in [2.45, 2.75) is 106 Å². The van der Waals surface area contributed by atoms with Crippen LogP contribution < -0.4 is 0 Å². The first-order chi connectivity index (χ1) is 28.1. The van der Waals surface area contributed by atoms with Crippen molar-refractivity contribution in [2.75, 3.05) is 0 Å². The third-order valence-electron chi connectivity index (χ3n) is 12.3. The molecule has 3 aliphatic carbocycles. The van der Waals surface area contributed by atoms with Gasteiger partial charge >= 0.3 is 0 Å². The molecule has 5 atom stereocenters. The molecule has 5 unspecified atom stereocenters. The van der Waals surface area contributed by atoms with Gasteiger partial charge in [0.25, 0.3) is 0 Å². The van der Waals surface area contributed by atoms with Gasteiger partial charge in [0.05, 0.1) is 6.10 Å². The molecule has 0 spiro atoms. The number of halogens is 10. The SMILES string of the molecule is Cc1c(F)c(F)cc2c1CCC(C)C2=O.Cc1c(F)c(F)cc2c1CCC(C)C2F.Cc1c(F)c(F)cc2c1CCC(C)C2O.Cc1ccc2c(C)c(F)c(F)cc2c1F. The van der Waals surface area contributed by atoms with E-state index in [1.807, 2.05) is 13.8 Å². The van der Waals surface area contributed by atoms with Crippen LogP contribution >= 0.6 is 0 Å². The summed E-state index contributed by atoms with van der Waals surface area (Å²) in [5.74, 6) is -7.73. The number of hydrogen-bond donors (Lipinski definition) is 1. The number of aliphatic hydroxyl groups is 1. The molecule has 60 heavy (non-hydrogen) atoms. The summed E-state index contributed by atoms with van der Waals surface area (Å²) in [6.07, 6.45) is 2.42. The van der Waals surface area contributed by atoms with Crippen molar-refractivity contribution < 1.29 is 53.8 Å². The molecule has 5 aromatic carbocycles. The average Bonchev–Trinajstić information content (AvgIpc) is 3.21. The Morgan fingerprint density at radius 3 is 1.55 bits per heavy atom. The van der Waals surface area contributed by atoms with Gasteiger partial charge in [0.2, 0.25) is 0 Å². The van der Waals surface area contributed by atoms with E-state index < -0.39 is 64.6 Å². The number of Topliss-reactive ketones (excluding diaryl/α,β-unsaturated/α-hetero) is 1. The van der Waals surface area contributed by atoms with Crippen LogP contribution in [0.2, 0.25) is 0 Å². The third kappa shape index (κ3) is 8.99. The number of alkyl halides is 1. The molecule has 0 bridgehead atoms. The topological polar surface area (TPSA) is 37.3 Å². The van der Waals surface area contributed by atoms with E-state index in [4.69, 9.17) is 0 Å². The summed E-state index contributed by atoms with van der Waals surface area (Å²) in [7, 11) is 0. The molecule has 0 aromatic heterocycles. The Morgan fingerprint density at radius 2 is 0.967 bits per heavy atom. The smallest absolute Gasteiger partial charge is 0.166 e. The minimum absolute atomic E-state index is 0.0711. The van der Waals surface area contributed by atoms with Crippen LogP contribution in [-0.2, 0) is 19.3 Å². The fraction of sp³-hybridized carbons (Fsp3) is 0.396. The maximum atomic E-state index is 13.8. The van der Waals surface area contributed by atoms with Gasteiger partial charge in [-0.15, -0.1) is 0 Å². The average molecular weight is 847 g/mol. The quantitative estimate of drug-likeness (QED) is 0.158. The van der Waals surface area contributed by atoms with Crippen molar-refractivity contribution >= 4 is 16.6 Å². The van der Waals surface area contributed by atoms with E-state index >= 15 is 0 Å². The molecule has 1 N–H and O–H groups in total. The van der Waals surface area contributed by atoms with Crippen LogP contribution in [0.25, 0.3) is 10.8 Å². The van der Waals surface area contributed by atoms with Crippen LogP contribution in [0.15, 0.2) is 36.4 Å². The van der Waals surface area contributed by atoms with E-state index in [2.05, 4.69) is 0 Å². The molecule has 0 aliphatic heterocycles. The van der Waals surface area contributed by atoms with Gasteiger partial charge < -0.3 is 5.11 Å². The first-order valence-electron chi connectivity index (χ1n) is 19.9. The number of hydrogen-bond acceptors (Lipinski definition) is 2. The zero-order chi connectivity index (χ0) is 44.7. The Labute approximate surface area is 343 Å². The summed E-state index contributed by atoms with van der Waals surface area (Å²) in [5.41, 5.74) is 4.83. The highest BCUT2D eigenvalue weighted by atomic mass is 19.2. The second-order valence-electron chi connectivity index (χ2n) is 16.3. The van der Waals surface area contributed by atoms with Crippen molar-refractivity contribution in [1.29, 1.82) is 0 Å². The molecule has 322 valence electrons. The zero-order valence-electron chi connectivity index (χ0n) is 34.7.